The highest BCUT2D eigenvalue weighted by atomic mass is 35.5. The van der Waals surface area contributed by atoms with Crippen LogP contribution in [0.15, 0.2) is 18.2 Å². The molecule has 0 aliphatic heterocycles. The molecule has 0 heterocycles. The minimum atomic E-state index is -0.587. The van der Waals surface area contributed by atoms with E-state index in [2.05, 4.69) is 19.2 Å². The van der Waals surface area contributed by atoms with Crippen LogP contribution in [0.5, 0.6) is 5.75 Å². The van der Waals surface area contributed by atoms with Crippen LogP contribution in [0.1, 0.15) is 45.1 Å². The minimum absolute atomic E-state index is 0.101. The number of phenolic OH excluding ortho intramolecular Hbond substituents is 1. The number of aliphatic hydroxyl groups is 1. The van der Waals surface area contributed by atoms with Crippen molar-refractivity contribution in [1.29, 1.82) is 0 Å². The maximum Gasteiger partial charge on any atom is 0.134 e. The van der Waals surface area contributed by atoms with Crippen molar-refractivity contribution in [3.8, 4) is 5.75 Å². The second-order valence-electron chi connectivity index (χ2n) is 6.78. The first-order chi connectivity index (χ1) is 9.30. The van der Waals surface area contributed by atoms with E-state index in [0.29, 0.717) is 23.5 Å². The molecule has 0 aromatic heterocycles. The van der Waals surface area contributed by atoms with Gasteiger partial charge < -0.3 is 15.5 Å². The number of hydrogen-bond donors (Lipinski definition) is 3. The molecule has 3 nitrogen and oxygen atoms in total. The Kier molecular flexibility index (Phi) is 4.62. The van der Waals surface area contributed by atoms with Crippen LogP contribution < -0.4 is 5.32 Å². The molecule has 0 bridgehead atoms. The van der Waals surface area contributed by atoms with Crippen molar-refractivity contribution in [3.05, 3.63) is 28.8 Å². The molecule has 0 atom stereocenters. The van der Waals surface area contributed by atoms with Crippen LogP contribution in [-0.4, -0.2) is 22.4 Å². The van der Waals surface area contributed by atoms with Crippen LogP contribution in [0.25, 0.3) is 0 Å². The van der Waals surface area contributed by atoms with Gasteiger partial charge in [0.1, 0.15) is 5.75 Å². The van der Waals surface area contributed by atoms with Gasteiger partial charge in [0.2, 0.25) is 0 Å². The molecule has 1 aromatic rings. The van der Waals surface area contributed by atoms with Gasteiger partial charge in [-0.15, -0.1) is 0 Å². The predicted octanol–water partition coefficient (Wildman–Crippen LogP) is 3.47. The third-order valence-corrected chi connectivity index (χ3v) is 4.63. The first-order valence-corrected chi connectivity index (χ1v) is 7.58. The lowest BCUT2D eigenvalue weighted by Gasteiger charge is -2.40. The molecule has 1 aromatic carbocycles. The summed E-state index contributed by atoms with van der Waals surface area (Å²) in [5.74, 6) is 0.101. The van der Waals surface area contributed by atoms with Crippen molar-refractivity contribution in [1.82, 2.24) is 5.32 Å². The number of aromatic hydroxyl groups is 1. The lowest BCUT2D eigenvalue weighted by atomic mass is 9.71. The summed E-state index contributed by atoms with van der Waals surface area (Å²) in [7, 11) is 0. The summed E-state index contributed by atoms with van der Waals surface area (Å²) in [6.07, 6.45) is 3.83. The summed E-state index contributed by atoms with van der Waals surface area (Å²) < 4.78 is 0. The first-order valence-electron chi connectivity index (χ1n) is 7.20. The second kappa shape index (κ2) is 5.92. The van der Waals surface area contributed by atoms with Gasteiger partial charge in [0.15, 0.2) is 0 Å². The number of hydrogen-bond acceptors (Lipinski definition) is 3. The molecule has 0 saturated heterocycles. The van der Waals surface area contributed by atoms with Crippen molar-refractivity contribution in [2.24, 2.45) is 5.41 Å². The third kappa shape index (κ3) is 4.11. The van der Waals surface area contributed by atoms with Crippen molar-refractivity contribution in [2.75, 3.05) is 6.54 Å². The lowest BCUT2D eigenvalue weighted by molar-refractivity contribution is -0.0245. The van der Waals surface area contributed by atoms with Crippen LogP contribution >= 0.6 is 11.6 Å². The fraction of sp³-hybridized carbons (Fsp3) is 0.625. The van der Waals surface area contributed by atoms with Crippen LogP contribution in [0.2, 0.25) is 5.02 Å². The Morgan fingerprint density at radius 2 is 1.85 bits per heavy atom. The van der Waals surface area contributed by atoms with Crippen molar-refractivity contribution in [2.45, 2.75) is 51.7 Å². The standard InChI is InChI=1S/C16H24ClNO2/c1-15(2)5-7-16(20,8-6-15)11-18-10-12-3-4-14(19)13(17)9-12/h3-4,9,18-20H,5-8,10-11H2,1-2H3. The van der Waals surface area contributed by atoms with E-state index in [1.54, 1.807) is 12.1 Å². The molecule has 112 valence electrons. The summed E-state index contributed by atoms with van der Waals surface area (Å²) in [4.78, 5) is 0. The summed E-state index contributed by atoms with van der Waals surface area (Å²) >= 11 is 5.87. The summed E-state index contributed by atoms with van der Waals surface area (Å²) in [5, 5.41) is 23.6. The molecule has 3 N–H and O–H groups in total. The quantitative estimate of drug-likeness (QED) is 0.797. The molecule has 2 rings (SSSR count). The largest absolute Gasteiger partial charge is 0.506 e. The van der Waals surface area contributed by atoms with Crippen LogP contribution in [-0.2, 0) is 6.54 Å². The highest BCUT2D eigenvalue weighted by Crippen LogP contribution is 2.39. The maximum atomic E-state index is 10.6. The molecule has 0 radical (unpaired) electrons. The zero-order chi connectivity index (χ0) is 14.8. The van der Waals surface area contributed by atoms with E-state index >= 15 is 0 Å². The number of rotatable bonds is 4. The first kappa shape index (κ1) is 15.6. The van der Waals surface area contributed by atoms with E-state index in [1.165, 1.54) is 0 Å². The fourth-order valence-electron chi connectivity index (χ4n) is 2.67. The number of nitrogens with one attached hydrogen (secondary N) is 1. The Morgan fingerprint density at radius 3 is 2.45 bits per heavy atom. The number of phenols is 1. The number of halogens is 1. The van der Waals surface area contributed by atoms with Crippen molar-refractivity contribution < 1.29 is 10.2 Å². The van der Waals surface area contributed by atoms with E-state index in [9.17, 15) is 10.2 Å². The normalized spacial score (nSPS) is 20.8. The minimum Gasteiger partial charge on any atom is -0.506 e. The average Bonchev–Trinajstić information content (AvgIpc) is 2.38. The SMILES string of the molecule is CC1(C)CCC(O)(CNCc2ccc(O)c(Cl)c2)CC1. The Balaban J connectivity index is 1.82. The van der Waals surface area contributed by atoms with Gasteiger partial charge in [-0.1, -0.05) is 31.5 Å². The highest BCUT2D eigenvalue weighted by molar-refractivity contribution is 6.32. The van der Waals surface area contributed by atoms with Crippen LogP contribution in [0.3, 0.4) is 0 Å². The predicted molar refractivity (Wildman–Crippen MR) is 82.0 cm³/mol. The number of benzene rings is 1. The van der Waals surface area contributed by atoms with Gasteiger partial charge in [-0.25, -0.2) is 0 Å². The molecule has 0 amide bonds. The molecular formula is C16H24ClNO2. The van der Waals surface area contributed by atoms with Crippen molar-refractivity contribution in [3.63, 3.8) is 0 Å². The fourth-order valence-corrected chi connectivity index (χ4v) is 2.87. The van der Waals surface area contributed by atoms with Crippen LogP contribution in [0.4, 0.5) is 0 Å². The molecule has 1 fully saturated rings. The highest BCUT2D eigenvalue weighted by Gasteiger charge is 2.36. The molecule has 4 heteroatoms. The molecule has 1 saturated carbocycles. The van der Waals surface area contributed by atoms with E-state index in [-0.39, 0.29) is 5.75 Å². The summed E-state index contributed by atoms with van der Waals surface area (Å²) in [5.41, 5.74) is 0.778. The monoisotopic (exact) mass is 297 g/mol. The Hall–Kier alpha value is -0.770. The summed E-state index contributed by atoms with van der Waals surface area (Å²) in [6.45, 7) is 5.77. The Bertz CT molecular complexity index is 464. The third-order valence-electron chi connectivity index (χ3n) is 4.33. The Labute approximate surface area is 126 Å². The molecule has 1 aliphatic rings. The van der Waals surface area contributed by atoms with Gasteiger partial charge in [0.05, 0.1) is 10.6 Å². The van der Waals surface area contributed by atoms with Gasteiger partial charge in [0.25, 0.3) is 0 Å². The smallest absolute Gasteiger partial charge is 0.134 e. The van der Waals surface area contributed by atoms with E-state index in [4.69, 9.17) is 11.6 Å². The molecule has 1 aliphatic carbocycles. The zero-order valence-electron chi connectivity index (χ0n) is 12.2. The lowest BCUT2D eigenvalue weighted by Crippen LogP contribution is -2.44. The van der Waals surface area contributed by atoms with E-state index < -0.39 is 5.60 Å². The topological polar surface area (TPSA) is 52.5 Å². The zero-order valence-corrected chi connectivity index (χ0v) is 13.0. The van der Waals surface area contributed by atoms with Crippen LogP contribution in [0, 0.1) is 5.41 Å². The average molecular weight is 298 g/mol. The van der Waals surface area contributed by atoms with E-state index in [1.807, 2.05) is 6.07 Å². The van der Waals surface area contributed by atoms with Gasteiger partial charge >= 0.3 is 0 Å². The van der Waals surface area contributed by atoms with Gasteiger partial charge in [-0.05, 0) is 48.8 Å². The van der Waals surface area contributed by atoms with Gasteiger partial charge in [0, 0.05) is 13.1 Å². The van der Waals surface area contributed by atoms with Gasteiger partial charge in [-0.3, -0.25) is 0 Å². The summed E-state index contributed by atoms with van der Waals surface area (Å²) in [6, 6.07) is 5.18. The van der Waals surface area contributed by atoms with E-state index in [0.717, 1.165) is 31.2 Å². The molecular weight excluding hydrogens is 274 g/mol. The van der Waals surface area contributed by atoms with Gasteiger partial charge in [-0.2, -0.15) is 0 Å². The second-order valence-corrected chi connectivity index (χ2v) is 7.19. The maximum absolute atomic E-state index is 10.6. The molecule has 0 unspecified atom stereocenters. The van der Waals surface area contributed by atoms with Crippen molar-refractivity contribution >= 4 is 11.6 Å². The Morgan fingerprint density at radius 1 is 1.20 bits per heavy atom. The molecule has 20 heavy (non-hydrogen) atoms. The molecule has 0 spiro atoms.